The van der Waals surface area contributed by atoms with E-state index in [0.717, 1.165) is 0 Å². The molecular formula is C20H14N2. The second-order valence-electron chi connectivity index (χ2n) is 5.62. The zero-order valence-corrected chi connectivity index (χ0v) is 12.0. The molecule has 5 rings (SSSR count). The molecule has 22 heavy (non-hydrogen) atoms. The zero-order chi connectivity index (χ0) is 14.5. The molecule has 2 nitrogen and oxygen atoms in total. The first kappa shape index (κ1) is 11.6. The molecule has 3 aromatic carbocycles. The normalized spacial score (nSPS) is 11.6. The lowest BCUT2D eigenvalue weighted by Gasteiger charge is -2.07. The summed E-state index contributed by atoms with van der Waals surface area (Å²) >= 11 is 0. The first-order valence-corrected chi connectivity index (χ1v) is 7.47. The topological polar surface area (TPSA) is 20.7 Å². The second-order valence-corrected chi connectivity index (χ2v) is 5.62. The van der Waals surface area contributed by atoms with Crippen molar-refractivity contribution >= 4 is 32.7 Å². The maximum atomic E-state index is 3.32. The molecule has 0 bridgehead atoms. The van der Waals surface area contributed by atoms with Crippen LogP contribution < -0.4 is 0 Å². The van der Waals surface area contributed by atoms with E-state index in [1.165, 1.54) is 38.4 Å². The number of para-hydroxylation sites is 2. The molecule has 2 heterocycles. The van der Waals surface area contributed by atoms with Gasteiger partial charge >= 0.3 is 0 Å². The Bertz CT molecular complexity index is 1110. The molecule has 5 aromatic rings. The third-order valence-electron chi connectivity index (χ3n) is 4.36. The minimum absolute atomic E-state index is 1.18. The van der Waals surface area contributed by atoms with Gasteiger partial charge in [0.1, 0.15) is 0 Å². The summed E-state index contributed by atoms with van der Waals surface area (Å²) in [5, 5.41) is 3.82. The number of rotatable bonds is 1. The van der Waals surface area contributed by atoms with E-state index in [-0.39, 0.29) is 0 Å². The highest BCUT2D eigenvalue weighted by Gasteiger charge is 2.12. The lowest BCUT2D eigenvalue weighted by Crippen LogP contribution is -1.92. The van der Waals surface area contributed by atoms with Crippen molar-refractivity contribution in [3.63, 3.8) is 0 Å². The summed E-state index contributed by atoms with van der Waals surface area (Å²) in [6, 6.07) is 25.8. The van der Waals surface area contributed by atoms with Gasteiger partial charge in [-0.05, 0) is 36.4 Å². The monoisotopic (exact) mass is 282 g/mol. The van der Waals surface area contributed by atoms with Crippen LogP contribution in [0, 0.1) is 0 Å². The average molecular weight is 282 g/mol. The molecule has 0 aliphatic carbocycles. The van der Waals surface area contributed by atoms with Gasteiger partial charge < -0.3 is 9.55 Å². The predicted molar refractivity (Wildman–Crippen MR) is 92.6 cm³/mol. The van der Waals surface area contributed by atoms with E-state index in [0.29, 0.717) is 0 Å². The molecule has 0 fully saturated rings. The van der Waals surface area contributed by atoms with Crippen molar-refractivity contribution in [1.29, 1.82) is 0 Å². The summed E-state index contributed by atoms with van der Waals surface area (Å²) in [5.41, 5.74) is 4.88. The Kier molecular flexibility index (Phi) is 2.25. The van der Waals surface area contributed by atoms with Gasteiger partial charge in [-0.2, -0.15) is 0 Å². The number of hydrogen-bond donors (Lipinski definition) is 1. The van der Waals surface area contributed by atoms with Gasteiger partial charge in [0.05, 0.1) is 11.0 Å². The number of fused-ring (bicyclic) bond motifs is 4. The number of nitrogens with zero attached hydrogens (tertiary/aromatic N) is 1. The van der Waals surface area contributed by atoms with Crippen molar-refractivity contribution < 1.29 is 0 Å². The van der Waals surface area contributed by atoms with Crippen LogP contribution in [0.25, 0.3) is 38.4 Å². The molecule has 0 atom stereocenters. The van der Waals surface area contributed by atoms with Crippen molar-refractivity contribution in [2.45, 2.75) is 0 Å². The standard InChI is InChI=1S/C20H14N2/c1-2-6-15(7-3-1)22-19-9-5-4-8-16(19)17-13-18-14(10-11-21-18)12-20(17)22/h1-13,21H. The van der Waals surface area contributed by atoms with E-state index < -0.39 is 0 Å². The Balaban J connectivity index is 2.04. The fourth-order valence-corrected chi connectivity index (χ4v) is 3.37. The molecule has 0 aliphatic heterocycles. The highest BCUT2D eigenvalue weighted by Crippen LogP contribution is 2.34. The molecule has 0 radical (unpaired) electrons. The Morgan fingerprint density at radius 3 is 2.41 bits per heavy atom. The van der Waals surface area contributed by atoms with Crippen LogP contribution >= 0.6 is 0 Å². The first-order valence-electron chi connectivity index (χ1n) is 7.47. The number of aromatic amines is 1. The number of hydrogen-bond acceptors (Lipinski definition) is 0. The minimum Gasteiger partial charge on any atom is -0.361 e. The van der Waals surface area contributed by atoms with E-state index in [9.17, 15) is 0 Å². The SMILES string of the molecule is c1ccc(-n2c3ccccc3c3cc4[nH]ccc4cc32)cc1. The van der Waals surface area contributed by atoms with E-state index in [4.69, 9.17) is 0 Å². The number of aromatic nitrogens is 2. The molecule has 0 saturated carbocycles. The zero-order valence-electron chi connectivity index (χ0n) is 12.0. The van der Waals surface area contributed by atoms with Gasteiger partial charge in [-0.15, -0.1) is 0 Å². The Labute approximate surface area is 127 Å². The van der Waals surface area contributed by atoms with Crippen LogP contribution in [-0.4, -0.2) is 9.55 Å². The Morgan fingerprint density at radius 1 is 0.682 bits per heavy atom. The average Bonchev–Trinajstić information content (AvgIpc) is 3.15. The van der Waals surface area contributed by atoms with E-state index in [1.54, 1.807) is 0 Å². The summed E-state index contributed by atoms with van der Waals surface area (Å²) in [6.45, 7) is 0. The second kappa shape index (κ2) is 4.25. The maximum Gasteiger partial charge on any atom is 0.0548 e. The lowest BCUT2D eigenvalue weighted by atomic mass is 10.1. The molecule has 1 N–H and O–H groups in total. The Morgan fingerprint density at radius 2 is 1.50 bits per heavy atom. The minimum atomic E-state index is 1.18. The van der Waals surface area contributed by atoms with Gasteiger partial charge in [0, 0.05) is 33.6 Å². The molecule has 104 valence electrons. The van der Waals surface area contributed by atoms with Crippen LogP contribution in [-0.2, 0) is 0 Å². The van der Waals surface area contributed by atoms with Crippen molar-refractivity contribution in [2.75, 3.05) is 0 Å². The highest BCUT2D eigenvalue weighted by molar-refractivity contribution is 6.13. The van der Waals surface area contributed by atoms with Crippen molar-refractivity contribution in [3.05, 3.63) is 79.0 Å². The molecule has 0 aliphatic rings. The molecule has 0 spiro atoms. The Hall–Kier alpha value is -3.00. The van der Waals surface area contributed by atoms with Gasteiger partial charge in [-0.3, -0.25) is 0 Å². The van der Waals surface area contributed by atoms with Crippen molar-refractivity contribution in [2.24, 2.45) is 0 Å². The summed E-state index contributed by atoms with van der Waals surface area (Å²) in [5.74, 6) is 0. The molecule has 0 saturated heterocycles. The largest absolute Gasteiger partial charge is 0.361 e. The van der Waals surface area contributed by atoms with Crippen LogP contribution in [0.5, 0.6) is 0 Å². The summed E-state index contributed by atoms with van der Waals surface area (Å²) in [7, 11) is 0. The predicted octanol–water partition coefficient (Wildman–Crippen LogP) is 5.27. The molecule has 2 aromatic heterocycles. The smallest absolute Gasteiger partial charge is 0.0548 e. The summed E-state index contributed by atoms with van der Waals surface area (Å²) in [6.07, 6.45) is 2.00. The lowest BCUT2D eigenvalue weighted by molar-refractivity contribution is 1.18. The molecule has 0 amide bonds. The van der Waals surface area contributed by atoms with Crippen LogP contribution in [0.2, 0.25) is 0 Å². The van der Waals surface area contributed by atoms with Crippen LogP contribution in [0.3, 0.4) is 0 Å². The summed E-state index contributed by atoms with van der Waals surface area (Å²) < 4.78 is 2.34. The number of H-pyrrole nitrogens is 1. The van der Waals surface area contributed by atoms with E-state index >= 15 is 0 Å². The van der Waals surface area contributed by atoms with Crippen LogP contribution in [0.4, 0.5) is 0 Å². The number of nitrogens with one attached hydrogen (secondary N) is 1. The fraction of sp³-hybridized carbons (Fsp3) is 0. The van der Waals surface area contributed by atoms with Gasteiger partial charge in [-0.1, -0.05) is 36.4 Å². The van der Waals surface area contributed by atoms with Crippen molar-refractivity contribution in [3.8, 4) is 5.69 Å². The van der Waals surface area contributed by atoms with E-state index in [1.807, 2.05) is 6.20 Å². The number of benzene rings is 3. The third kappa shape index (κ3) is 1.49. The molecule has 0 unspecified atom stereocenters. The summed E-state index contributed by atoms with van der Waals surface area (Å²) in [4.78, 5) is 3.32. The molecular weight excluding hydrogens is 268 g/mol. The maximum absolute atomic E-state index is 3.32. The van der Waals surface area contributed by atoms with Gasteiger partial charge in [0.2, 0.25) is 0 Å². The van der Waals surface area contributed by atoms with E-state index in [2.05, 4.69) is 82.3 Å². The van der Waals surface area contributed by atoms with Crippen molar-refractivity contribution in [1.82, 2.24) is 9.55 Å². The first-order chi connectivity index (χ1) is 10.9. The third-order valence-corrected chi connectivity index (χ3v) is 4.36. The highest BCUT2D eigenvalue weighted by atomic mass is 15.0. The van der Waals surface area contributed by atoms with Gasteiger partial charge in [-0.25, -0.2) is 0 Å². The van der Waals surface area contributed by atoms with Crippen LogP contribution in [0.1, 0.15) is 0 Å². The fourth-order valence-electron chi connectivity index (χ4n) is 3.37. The quantitative estimate of drug-likeness (QED) is 0.432. The van der Waals surface area contributed by atoms with Crippen LogP contribution in [0.15, 0.2) is 79.0 Å². The van der Waals surface area contributed by atoms with Gasteiger partial charge in [0.25, 0.3) is 0 Å². The molecule has 2 heteroatoms. The van der Waals surface area contributed by atoms with Gasteiger partial charge in [0.15, 0.2) is 0 Å².